The molecule has 0 bridgehead atoms. The maximum absolute atomic E-state index is 11.5. The first-order valence-corrected chi connectivity index (χ1v) is 8.00. The highest BCUT2D eigenvalue weighted by Gasteiger charge is 2.23. The molecule has 1 aliphatic heterocycles. The summed E-state index contributed by atoms with van der Waals surface area (Å²) in [4.78, 5) is 36.0. The van der Waals surface area contributed by atoms with Crippen LogP contribution in [0.25, 0.3) is 10.9 Å². The van der Waals surface area contributed by atoms with Gasteiger partial charge in [-0.15, -0.1) is 0 Å². The van der Waals surface area contributed by atoms with E-state index in [1.165, 1.54) is 25.6 Å². The molecule has 1 aromatic carbocycles. The molecule has 0 fully saturated rings. The molecule has 0 unspecified atom stereocenters. The molecule has 0 radical (unpaired) electrons. The lowest BCUT2D eigenvalue weighted by Crippen LogP contribution is -2.31. The van der Waals surface area contributed by atoms with E-state index >= 15 is 0 Å². The molecule has 132 valence electrons. The number of nitrogens with zero attached hydrogens (tertiary/aromatic N) is 4. The van der Waals surface area contributed by atoms with Gasteiger partial charge >= 0.3 is 5.97 Å². The van der Waals surface area contributed by atoms with E-state index in [-0.39, 0.29) is 11.3 Å². The van der Waals surface area contributed by atoms with Crippen molar-refractivity contribution in [3.8, 4) is 0 Å². The van der Waals surface area contributed by atoms with Crippen LogP contribution in [-0.4, -0.2) is 39.5 Å². The zero-order valence-corrected chi connectivity index (χ0v) is 13.9. The van der Waals surface area contributed by atoms with Gasteiger partial charge in [-0.3, -0.25) is 10.1 Å². The number of aromatic amines is 1. The topological polar surface area (TPSA) is 114 Å². The van der Waals surface area contributed by atoms with Crippen LogP contribution in [0.15, 0.2) is 30.6 Å². The number of benzene rings is 1. The Balaban J connectivity index is 1.66. The average molecular weight is 353 g/mol. The highest BCUT2D eigenvalue weighted by molar-refractivity contribution is 5.89. The minimum atomic E-state index is -0.485. The predicted octanol–water partition coefficient (Wildman–Crippen LogP) is 2.22. The number of aromatic nitrogens is 3. The van der Waals surface area contributed by atoms with Crippen LogP contribution in [0.2, 0.25) is 0 Å². The number of hydrogen-bond acceptors (Lipinski definition) is 7. The average Bonchev–Trinajstić information content (AvgIpc) is 3.04. The van der Waals surface area contributed by atoms with Gasteiger partial charge in [0.1, 0.15) is 0 Å². The van der Waals surface area contributed by atoms with E-state index < -0.39 is 10.9 Å². The highest BCUT2D eigenvalue weighted by Crippen LogP contribution is 2.31. The fraction of sp³-hybridized carbons (Fsp3) is 0.235. The van der Waals surface area contributed by atoms with Crippen molar-refractivity contribution in [2.24, 2.45) is 0 Å². The maximum Gasteiger partial charge on any atom is 0.341 e. The number of esters is 1. The Bertz CT molecular complexity index is 1010. The van der Waals surface area contributed by atoms with Gasteiger partial charge in [0.2, 0.25) is 5.95 Å². The van der Waals surface area contributed by atoms with Crippen LogP contribution in [0, 0.1) is 10.1 Å². The van der Waals surface area contributed by atoms with E-state index in [2.05, 4.69) is 19.7 Å². The number of ether oxygens (including phenoxy) is 1. The fourth-order valence-electron chi connectivity index (χ4n) is 3.19. The highest BCUT2D eigenvalue weighted by atomic mass is 16.6. The van der Waals surface area contributed by atoms with Crippen molar-refractivity contribution in [1.29, 1.82) is 0 Å². The number of non-ortho nitro benzene ring substituents is 1. The first kappa shape index (κ1) is 16.0. The molecule has 0 spiro atoms. The lowest BCUT2D eigenvalue weighted by Gasteiger charge is -2.27. The smallest absolute Gasteiger partial charge is 0.341 e. The van der Waals surface area contributed by atoms with Crippen molar-refractivity contribution in [2.45, 2.75) is 13.0 Å². The second-order valence-corrected chi connectivity index (χ2v) is 6.00. The number of fused-ring (bicyclic) bond motifs is 3. The summed E-state index contributed by atoms with van der Waals surface area (Å²) in [5.41, 5.74) is 3.31. The molecule has 0 atom stereocenters. The number of nitrogens with one attached hydrogen (secondary N) is 1. The summed E-state index contributed by atoms with van der Waals surface area (Å²) >= 11 is 0. The van der Waals surface area contributed by atoms with Gasteiger partial charge in [-0.05, 0) is 6.07 Å². The number of H-pyrrole nitrogens is 1. The van der Waals surface area contributed by atoms with Crippen molar-refractivity contribution < 1.29 is 14.5 Å². The first-order valence-electron chi connectivity index (χ1n) is 8.00. The fourth-order valence-corrected chi connectivity index (χ4v) is 3.19. The molecular weight excluding hydrogens is 338 g/mol. The summed E-state index contributed by atoms with van der Waals surface area (Å²) in [6, 6.07) is 4.82. The molecule has 0 aliphatic carbocycles. The van der Waals surface area contributed by atoms with Crippen molar-refractivity contribution in [2.75, 3.05) is 18.6 Å². The van der Waals surface area contributed by atoms with E-state index in [1.54, 1.807) is 12.1 Å². The third-order valence-corrected chi connectivity index (χ3v) is 4.51. The number of carbonyl (C=O) groups is 1. The molecule has 9 nitrogen and oxygen atoms in total. The Morgan fingerprint density at radius 1 is 1.35 bits per heavy atom. The number of nitro benzene ring substituents is 1. The quantitative estimate of drug-likeness (QED) is 0.436. The molecule has 0 saturated heterocycles. The van der Waals surface area contributed by atoms with Gasteiger partial charge in [-0.2, -0.15) is 0 Å². The third-order valence-electron chi connectivity index (χ3n) is 4.51. The number of carbonyl (C=O) groups excluding carboxylic acids is 1. The van der Waals surface area contributed by atoms with Crippen LogP contribution in [0.5, 0.6) is 0 Å². The van der Waals surface area contributed by atoms with Gasteiger partial charge in [0.25, 0.3) is 5.69 Å². The summed E-state index contributed by atoms with van der Waals surface area (Å²) < 4.78 is 4.64. The molecule has 26 heavy (non-hydrogen) atoms. The van der Waals surface area contributed by atoms with Crippen LogP contribution in [0.1, 0.15) is 21.6 Å². The van der Waals surface area contributed by atoms with E-state index in [9.17, 15) is 14.9 Å². The molecule has 2 aromatic heterocycles. The number of nitro groups is 1. The SMILES string of the molecule is COC(=O)c1cnc(N2CCc3[nH]c4ccc([N+](=O)[O-])cc4c3C2)nc1. The Labute approximate surface area is 147 Å². The normalized spacial score (nSPS) is 13.5. The molecule has 0 saturated carbocycles. The summed E-state index contributed by atoms with van der Waals surface area (Å²) in [6.07, 6.45) is 3.62. The maximum atomic E-state index is 11.5. The van der Waals surface area contributed by atoms with Gasteiger partial charge in [0, 0.05) is 66.2 Å². The zero-order chi connectivity index (χ0) is 18.3. The Kier molecular flexibility index (Phi) is 3.76. The van der Waals surface area contributed by atoms with Crippen LogP contribution in [0.4, 0.5) is 11.6 Å². The van der Waals surface area contributed by atoms with Crippen molar-refractivity contribution in [3.05, 3.63) is 57.5 Å². The van der Waals surface area contributed by atoms with Crippen LogP contribution in [0.3, 0.4) is 0 Å². The van der Waals surface area contributed by atoms with Gasteiger partial charge in [-0.1, -0.05) is 0 Å². The lowest BCUT2D eigenvalue weighted by atomic mass is 10.0. The minimum absolute atomic E-state index is 0.0649. The van der Waals surface area contributed by atoms with Gasteiger partial charge in [0.15, 0.2) is 0 Å². The lowest BCUT2D eigenvalue weighted by molar-refractivity contribution is -0.384. The standard InChI is InChI=1S/C17H15N5O4/c1-26-16(23)10-7-18-17(19-8-10)21-5-4-15-13(9-21)12-6-11(22(24)25)2-3-14(12)20-15/h2-3,6-8,20H,4-5,9H2,1H3. The van der Waals surface area contributed by atoms with Gasteiger partial charge in [0.05, 0.1) is 17.6 Å². The number of anilines is 1. The largest absolute Gasteiger partial charge is 0.465 e. The van der Waals surface area contributed by atoms with E-state index in [0.717, 1.165) is 28.6 Å². The zero-order valence-electron chi connectivity index (χ0n) is 13.9. The molecule has 0 amide bonds. The molecule has 1 aliphatic rings. The second kappa shape index (κ2) is 6.10. The summed E-state index contributed by atoms with van der Waals surface area (Å²) in [7, 11) is 1.30. The van der Waals surface area contributed by atoms with Crippen molar-refractivity contribution in [1.82, 2.24) is 15.0 Å². The Morgan fingerprint density at radius 3 is 2.81 bits per heavy atom. The number of methoxy groups -OCH3 is 1. The second-order valence-electron chi connectivity index (χ2n) is 6.00. The van der Waals surface area contributed by atoms with E-state index in [1.807, 2.05) is 4.90 Å². The summed E-state index contributed by atoms with van der Waals surface area (Å²) in [5.74, 6) is 0.0181. The summed E-state index contributed by atoms with van der Waals surface area (Å²) in [5, 5.41) is 11.9. The number of rotatable bonds is 3. The van der Waals surface area contributed by atoms with Gasteiger partial charge in [-0.25, -0.2) is 14.8 Å². The van der Waals surface area contributed by atoms with Gasteiger partial charge < -0.3 is 14.6 Å². The predicted molar refractivity (Wildman–Crippen MR) is 93.1 cm³/mol. The number of hydrogen-bond donors (Lipinski definition) is 1. The molecule has 3 aromatic rings. The molecule has 4 rings (SSSR count). The molecular formula is C17H15N5O4. The van der Waals surface area contributed by atoms with E-state index in [0.29, 0.717) is 19.0 Å². The monoisotopic (exact) mass is 353 g/mol. The van der Waals surface area contributed by atoms with Crippen molar-refractivity contribution in [3.63, 3.8) is 0 Å². The Hall–Kier alpha value is -3.49. The van der Waals surface area contributed by atoms with Crippen LogP contribution < -0.4 is 4.90 Å². The van der Waals surface area contributed by atoms with E-state index in [4.69, 9.17) is 0 Å². The first-order chi connectivity index (χ1) is 12.6. The molecule has 9 heteroatoms. The van der Waals surface area contributed by atoms with Crippen LogP contribution in [-0.2, 0) is 17.7 Å². The van der Waals surface area contributed by atoms with Crippen LogP contribution >= 0.6 is 0 Å². The summed E-state index contributed by atoms with van der Waals surface area (Å²) in [6.45, 7) is 1.24. The molecule has 1 N–H and O–H groups in total. The Morgan fingerprint density at radius 2 is 2.12 bits per heavy atom. The third kappa shape index (κ3) is 2.63. The van der Waals surface area contributed by atoms with Crippen molar-refractivity contribution >= 4 is 28.5 Å². The molecule has 3 heterocycles. The minimum Gasteiger partial charge on any atom is -0.465 e.